The number of nitrogens with two attached hydrogens (primary N) is 1. The van der Waals surface area contributed by atoms with Crippen molar-refractivity contribution in [1.82, 2.24) is 9.78 Å². The molecule has 1 rings (SSSR count). The SMILES string of the molecule is CC(C)Cn1cc(CC(C)(C)CN)cn1. The molecule has 86 valence electrons. The van der Waals surface area contributed by atoms with Crippen LogP contribution in [0.4, 0.5) is 0 Å². The summed E-state index contributed by atoms with van der Waals surface area (Å²) in [5, 5.41) is 4.35. The predicted octanol–water partition coefficient (Wildman–Crippen LogP) is 2.07. The zero-order valence-corrected chi connectivity index (χ0v) is 10.3. The largest absolute Gasteiger partial charge is 0.330 e. The van der Waals surface area contributed by atoms with Crippen LogP contribution in [0.25, 0.3) is 0 Å². The molecule has 3 heteroatoms. The summed E-state index contributed by atoms with van der Waals surface area (Å²) in [5.41, 5.74) is 7.17. The first-order chi connectivity index (χ1) is 6.93. The molecule has 1 heterocycles. The molecule has 0 unspecified atom stereocenters. The zero-order valence-electron chi connectivity index (χ0n) is 10.3. The minimum absolute atomic E-state index is 0.172. The van der Waals surface area contributed by atoms with E-state index in [-0.39, 0.29) is 5.41 Å². The first-order valence-corrected chi connectivity index (χ1v) is 5.64. The van der Waals surface area contributed by atoms with Gasteiger partial charge in [0.25, 0.3) is 0 Å². The third kappa shape index (κ3) is 4.04. The highest BCUT2D eigenvalue weighted by molar-refractivity contribution is 5.06. The summed E-state index contributed by atoms with van der Waals surface area (Å²) in [4.78, 5) is 0. The van der Waals surface area contributed by atoms with Crippen molar-refractivity contribution in [2.45, 2.75) is 40.7 Å². The van der Waals surface area contributed by atoms with Gasteiger partial charge in [-0.05, 0) is 29.9 Å². The Balaban J connectivity index is 2.60. The van der Waals surface area contributed by atoms with Gasteiger partial charge in [0.2, 0.25) is 0 Å². The molecule has 0 amide bonds. The van der Waals surface area contributed by atoms with E-state index in [4.69, 9.17) is 5.73 Å². The molecule has 0 aliphatic heterocycles. The maximum absolute atomic E-state index is 5.71. The normalized spacial score (nSPS) is 12.4. The summed E-state index contributed by atoms with van der Waals surface area (Å²) in [7, 11) is 0. The van der Waals surface area contributed by atoms with Crippen LogP contribution in [0, 0.1) is 11.3 Å². The summed E-state index contributed by atoms with van der Waals surface area (Å²) in [6.07, 6.45) is 5.10. The molecule has 0 spiro atoms. The molecule has 0 atom stereocenters. The van der Waals surface area contributed by atoms with E-state index in [1.165, 1.54) is 5.56 Å². The van der Waals surface area contributed by atoms with E-state index in [1.54, 1.807) is 0 Å². The van der Waals surface area contributed by atoms with E-state index in [0.29, 0.717) is 12.5 Å². The smallest absolute Gasteiger partial charge is 0.0521 e. The molecule has 1 aromatic heterocycles. The van der Waals surface area contributed by atoms with E-state index in [0.717, 1.165) is 13.0 Å². The minimum atomic E-state index is 0.172. The van der Waals surface area contributed by atoms with Crippen LogP contribution in [0.1, 0.15) is 33.3 Å². The Kier molecular flexibility index (Phi) is 3.91. The average molecular weight is 209 g/mol. The molecule has 0 aliphatic rings. The van der Waals surface area contributed by atoms with Gasteiger partial charge < -0.3 is 5.73 Å². The van der Waals surface area contributed by atoms with Crippen molar-refractivity contribution in [3.8, 4) is 0 Å². The molecule has 2 N–H and O–H groups in total. The van der Waals surface area contributed by atoms with Gasteiger partial charge in [-0.1, -0.05) is 27.7 Å². The molecule has 0 fully saturated rings. The van der Waals surface area contributed by atoms with Crippen molar-refractivity contribution in [1.29, 1.82) is 0 Å². The summed E-state index contributed by atoms with van der Waals surface area (Å²) >= 11 is 0. The highest BCUT2D eigenvalue weighted by atomic mass is 15.3. The Morgan fingerprint density at radius 1 is 1.47 bits per heavy atom. The molecule has 15 heavy (non-hydrogen) atoms. The van der Waals surface area contributed by atoms with Crippen LogP contribution in [-0.2, 0) is 13.0 Å². The third-order valence-corrected chi connectivity index (χ3v) is 2.47. The van der Waals surface area contributed by atoms with E-state index >= 15 is 0 Å². The second kappa shape index (κ2) is 4.79. The lowest BCUT2D eigenvalue weighted by Gasteiger charge is -2.20. The topological polar surface area (TPSA) is 43.8 Å². The minimum Gasteiger partial charge on any atom is -0.330 e. The molecule has 0 radical (unpaired) electrons. The van der Waals surface area contributed by atoms with E-state index in [9.17, 15) is 0 Å². The predicted molar refractivity (Wildman–Crippen MR) is 63.6 cm³/mol. The molecule has 0 bridgehead atoms. The number of rotatable bonds is 5. The summed E-state index contributed by atoms with van der Waals surface area (Å²) in [6.45, 7) is 10.5. The van der Waals surface area contributed by atoms with E-state index in [1.807, 2.05) is 10.9 Å². The zero-order chi connectivity index (χ0) is 11.5. The highest BCUT2D eigenvalue weighted by Gasteiger charge is 2.17. The lowest BCUT2D eigenvalue weighted by Crippen LogP contribution is -2.25. The van der Waals surface area contributed by atoms with Crippen molar-refractivity contribution in [3.63, 3.8) is 0 Å². The van der Waals surface area contributed by atoms with Gasteiger partial charge in [-0.25, -0.2) is 0 Å². The Labute approximate surface area is 92.7 Å². The van der Waals surface area contributed by atoms with Gasteiger partial charge in [0.05, 0.1) is 6.20 Å². The Hall–Kier alpha value is -0.830. The monoisotopic (exact) mass is 209 g/mol. The molecule has 3 nitrogen and oxygen atoms in total. The number of aromatic nitrogens is 2. The first-order valence-electron chi connectivity index (χ1n) is 5.64. The van der Waals surface area contributed by atoms with E-state index in [2.05, 4.69) is 39.0 Å². The van der Waals surface area contributed by atoms with Gasteiger partial charge in [-0.2, -0.15) is 5.10 Å². The van der Waals surface area contributed by atoms with Crippen molar-refractivity contribution < 1.29 is 0 Å². The molecule has 0 saturated carbocycles. The lowest BCUT2D eigenvalue weighted by atomic mass is 9.87. The Bertz CT molecular complexity index is 300. The molecule has 1 aromatic rings. The third-order valence-electron chi connectivity index (χ3n) is 2.47. The van der Waals surface area contributed by atoms with Crippen LogP contribution < -0.4 is 5.73 Å². The second-order valence-corrected chi connectivity index (χ2v) is 5.51. The second-order valence-electron chi connectivity index (χ2n) is 5.51. The van der Waals surface area contributed by atoms with Gasteiger partial charge in [0.1, 0.15) is 0 Å². The molecule has 0 aromatic carbocycles. The molecule has 0 saturated heterocycles. The maximum atomic E-state index is 5.71. The highest BCUT2D eigenvalue weighted by Crippen LogP contribution is 2.19. The lowest BCUT2D eigenvalue weighted by molar-refractivity contribution is 0.376. The summed E-state index contributed by atoms with van der Waals surface area (Å²) in [5.74, 6) is 0.639. The van der Waals surface area contributed by atoms with Gasteiger partial charge in [0.15, 0.2) is 0 Å². The fraction of sp³-hybridized carbons (Fsp3) is 0.750. The van der Waals surface area contributed by atoms with E-state index < -0.39 is 0 Å². The van der Waals surface area contributed by atoms with Crippen molar-refractivity contribution in [2.24, 2.45) is 17.1 Å². The van der Waals surface area contributed by atoms with Crippen LogP contribution in [0.2, 0.25) is 0 Å². The van der Waals surface area contributed by atoms with Crippen molar-refractivity contribution in [3.05, 3.63) is 18.0 Å². The van der Waals surface area contributed by atoms with Crippen LogP contribution >= 0.6 is 0 Å². The molecule has 0 aliphatic carbocycles. The fourth-order valence-electron chi connectivity index (χ4n) is 1.60. The maximum Gasteiger partial charge on any atom is 0.0521 e. The van der Waals surface area contributed by atoms with Gasteiger partial charge in [0, 0.05) is 12.7 Å². The summed E-state index contributed by atoms with van der Waals surface area (Å²) in [6, 6.07) is 0. The number of hydrogen-bond donors (Lipinski definition) is 1. The van der Waals surface area contributed by atoms with Crippen LogP contribution in [-0.4, -0.2) is 16.3 Å². The summed E-state index contributed by atoms with van der Waals surface area (Å²) < 4.78 is 2.02. The molecular formula is C12H23N3. The van der Waals surface area contributed by atoms with Crippen LogP contribution in [0.15, 0.2) is 12.4 Å². The average Bonchev–Trinajstić information content (AvgIpc) is 2.50. The Morgan fingerprint density at radius 3 is 2.67 bits per heavy atom. The van der Waals surface area contributed by atoms with Crippen LogP contribution in [0.5, 0.6) is 0 Å². The quantitative estimate of drug-likeness (QED) is 0.806. The molecular weight excluding hydrogens is 186 g/mol. The van der Waals surface area contributed by atoms with Crippen LogP contribution in [0.3, 0.4) is 0 Å². The fourth-order valence-corrected chi connectivity index (χ4v) is 1.60. The van der Waals surface area contributed by atoms with Gasteiger partial charge >= 0.3 is 0 Å². The van der Waals surface area contributed by atoms with Gasteiger partial charge in [-0.3, -0.25) is 4.68 Å². The van der Waals surface area contributed by atoms with Gasteiger partial charge in [-0.15, -0.1) is 0 Å². The Morgan fingerprint density at radius 2 is 2.13 bits per heavy atom. The van der Waals surface area contributed by atoms with Crippen molar-refractivity contribution in [2.75, 3.05) is 6.54 Å². The first kappa shape index (κ1) is 12.2. The number of nitrogens with zero attached hydrogens (tertiary/aromatic N) is 2. The van der Waals surface area contributed by atoms with Crippen molar-refractivity contribution >= 4 is 0 Å². The standard InChI is InChI=1S/C12H23N3/c1-10(2)7-15-8-11(6-14-15)5-12(3,4)9-13/h6,8,10H,5,7,9,13H2,1-4H3. The number of hydrogen-bond acceptors (Lipinski definition) is 2.